The van der Waals surface area contributed by atoms with Crippen LogP contribution in [0.1, 0.15) is 13.3 Å². The first kappa shape index (κ1) is 6.99. The average Bonchev–Trinajstić information content (AvgIpc) is 1.83. The minimum Gasteiger partial charge on any atom is -0.390 e. The van der Waals surface area contributed by atoms with Crippen LogP contribution >= 0.6 is 0 Å². The van der Waals surface area contributed by atoms with Crippen LogP contribution in [-0.4, -0.2) is 35.1 Å². The molecule has 0 amide bonds. The highest BCUT2D eigenvalue weighted by atomic mass is 16.5. The Balaban J connectivity index is 2.41. The van der Waals surface area contributed by atoms with E-state index in [0.717, 1.165) is 0 Å². The highest BCUT2D eigenvalue weighted by molar-refractivity contribution is 4.77. The molecule has 0 aliphatic carbocycles. The van der Waals surface area contributed by atoms with Crippen LogP contribution < -0.4 is 0 Å². The molecular weight excluding hydrogens is 120 g/mol. The Bertz CT molecular complexity index is 84.3. The lowest BCUT2D eigenvalue weighted by Crippen LogP contribution is -2.42. The Morgan fingerprint density at radius 3 is 2.56 bits per heavy atom. The summed E-state index contributed by atoms with van der Waals surface area (Å²) in [4.78, 5) is 0. The van der Waals surface area contributed by atoms with Gasteiger partial charge in [0.2, 0.25) is 0 Å². The Morgan fingerprint density at radius 1 is 1.44 bits per heavy atom. The summed E-state index contributed by atoms with van der Waals surface area (Å²) in [5, 5.41) is 18.1. The molecule has 0 radical (unpaired) electrons. The molecule has 0 saturated carbocycles. The first-order chi connectivity index (χ1) is 4.22. The molecule has 3 atom stereocenters. The van der Waals surface area contributed by atoms with E-state index in [4.69, 9.17) is 14.9 Å². The molecule has 54 valence electrons. The van der Waals surface area contributed by atoms with Gasteiger partial charge in [-0.25, -0.2) is 0 Å². The monoisotopic (exact) mass is 132 g/mol. The normalized spacial score (nSPS) is 45.0. The molecule has 1 aliphatic rings. The summed E-state index contributed by atoms with van der Waals surface area (Å²) in [5.74, 6) is 0. The van der Waals surface area contributed by atoms with Gasteiger partial charge in [-0.1, -0.05) is 0 Å². The SMILES string of the molecule is C[C@H]1OCC[C@H](O)[C@H]1O. The molecule has 1 rings (SSSR count). The molecule has 9 heavy (non-hydrogen) atoms. The third kappa shape index (κ3) is 1.41. The summed E-state index contributed by atoms with van der Waals surface area (Å²) in [5.41, 5.74) is 0. The second-order valence-electron chi connectivity index (χ2n) is 2.42. The van der Waals surface area contributed by atoms with Gasteiger partial charge >= 0.3 is 0 Å². The quantitative estimate of drug-likeness (QED) is 0.468. The highest BCUT2D eigenvalue weighted by Crippen LogP contribution is 2.13. The van der Waals surface area contributed by atoms with Crippen molar-refractivity contribution in [1.29, 1.82) is 0 Å². The Hall–Kier alpha value is -0.120. The zero-order chi connectivity index (χ0) is 6.85. The molecule has 3 nitrogen and oxygen atoms in total. The van der Waals surface area contributed by atoms with Gasteiger partial charge in [0.15, 0.2) is 0 Å². The molecule has 1 saturated heterocycles. The van der Waals surface area contributed by atoms with Crippen LogP contribution in [0.15, 0.2) is 0 Å². The van der Waals surface area contributed by atoms with Crippen LogP contribution in [0.5, 0.6) is 0 Å². The summed E-state index contributed by atoms with van der Waals surface area (Å²) in [6.45, 7) is 2.31. The minimum absolute atomic E-state index is 0.214. The van der Waals surface area contributed by atoms with Crippen LogP contribution in [0.2, 0.25) is 0 Å². The fraction of sp³-hybridized carbons (Fsp3) is 1.00. The highest BCUT2D eigenvalue weighted by Gasteiger charge is 2.27. The predicted octanol–water partition coefficient (Wildman–Crippen LogP) is -0.483. The first-order valence-electron chi connectivity index (χ1n) is 3.19. The van der Waals surface area contributed by atoms with Gasteiger partial charge in [0.1, 0.15) is 6.10 Å². The van der Waals surface area contributed by atoms with Crippen molar-refractivity contribution in [3.8, 4) is 0 Å². The predicted molar refractivity (Wildman–Crippen MR) is 32.0 cm³/mol. The maximum atomic E-state index is 9.07. The fourth-order valence-electron chi connectivity index (χ4n) is 0.957. The summed E-state index contributed by atoms with van der Waals surface area (Å²) >= 11 is 0. The maximum Gasteiger partial charge on any atom is 0.106 e. The second-order valence-corrected chi connectivity index (χ2v) is 2.42. The molecule has 1 aliphatic heterocycles. The van der Waals surface area contributed by atoms with Crippen molar-refractivity contribution in [2.24, 2.45) is 0 Å². The van der Waals surface area contributed by atoms with Gasteiger partial charge in [0.05, 0.1) is 12.2 Å². The number of rotatable bonds is 0. The zero-order valence-electron chi connectivity index (χ0n) is 5.45. The van der Waals surface area contributed by atoms with E-state index in [-0.39, 0.29) is 6.10 Å². The molecule has 3 heteroatoms. The van der Waals surface area contributed by atoms with Crippen molar-refractivity contribution in [2.75, 3.05) is 6.61 Å². The molecule has 0 aromatic heterocycles. The van der Waals surface area contributed by atoms with Gasteiger partial charge in [-0.05, 0) is 13.3 Å². The van der Waals surface area contributed by atoms with Crippen molar-refractivity contribution in [3.63, 3.8) is 0 Å². The number of ether oxygens (including phenoxy) is 1. The van der Waals surface area contributed by atoms with Crippen molar-refractivity contribution >= 4 is 0 Å². The maximum absolute atomic E-state index is 9.07. The Kier molecular flexibility index (Phi) is 2.05. The van der Waals surface area contributed by atoms with E-state index in [0.29, 0.717) is 13.0 Å². The fourth-order valence-corrected chi connectivity index (χ4v) is 0.957. The van der Waals surface area contributed by atoms with Gasteiger partial charge in [-0.3, -0.25) is 0 Å². The van der Waals surface area contributed by atoms with Crippen LogP contribution in [0, 0.1) is 0 Å². The Morgan fingerprint density at radius 2 is 2.11 bits per heavy atom. The summed E-state index contributed by atoms with van der Waals surface area (Å²) in [6.07, 6.45) is -0.952. The van der Waals surface area contributed by atoms with E-state index in [9.17, 15) is 0 Å². The largest absolute Gasteiger partial charge is 0.390 e. The van der Waals surface area contributed by atoms with Gasteiger partial charge in [-0.15, -0.1) is 0 Å². The zero-order valence-corrected chi connectivity index (χ0v) is 5.45. The van der Waals surface area contributed by atoms with Crippen LogP contribution in [0.3, 0.4) is 0 Å². The minimum atomic E-state index is -0.696. The topological polar surface area (TPSA) is 49.7 Å². The summed E-state index contributed by atoms with van der Waals surface area (Å²) in [6, 6.07) is 0. The lowest BCUT2D eigenvalue weighted by Gasteiger charge is -2.29. The summed E-state index contributed by atoms with van der Waals surface area (Å²) < 4.78 is 5.05. The molecule has 1 heterocycles. The lowest BCUT2D eigenvalue weighted by molar-refractivity contribution is -0.127. The third-order valence-electron chi connectivity index (χ3n) is 1.67. The van der Waals surface area contributed by atoms with Crippen molar-refractivity contribution < 1.29 is 14.9 Å². The summed E-state index contributed by atoms with van der Waals surface area (Å²) in [7, 11) is 0. The molecule has 0 aromatic carbocycles. The third-order valence-corrected chi connectivity index (χ3v) is 1.67. The van der Waals surface area contributed by atoms with Gasteiger partial charge < -0.3 is 14.9 Å². The first-order valence-corrected chi connectivity index (χ1v) is 3.19. The second kappa shape index (κ2) is 2.64. The lowest BCUT2D eigenvalue weighted by atomic mass is 10.0. The van der Waals surface area contributed by atoms with E-state index in [2.05, 4.69) is 0 Å². The average molecular weight is 132 g/mol. The molecule has 0 unspecified atom stereocenters. The van der Waals surface area contributed by atoms with Crippen molar-refractivity contribution in [3.05, 3.63) is 0 Å². The van der Waals surface area contributed by atoms with E-state index >= 15 is 0 Å². The molecule has 0 bridgehead atoms. The standard InChI is InChI=1S/C6H12O3/c1-4-6(8)5(7)2-3-9-4/h4-8H,2-3H2,1H3/t4-,5+,6+/m1/s1. The van der Waals surface area contributed by atoms with Crippen LogP contribution in [0.4, 0.5) is 0 Å². The van der Waals surface area contributed by atoms with Crippen LogP contribution in [0.25, 0.3) is 0 Å². The number of aliphatic hydroxyl groups excluding tert-OH is 2. The number of hydrogen-bond donors (Lipinski definition) is 2. The smallest absolute Gasteiger partial charge is 0.106 e. The molecule has 2 N–H and O–H groups in total. The molecule has 0 spiro atoms. The number of aliphatic hydroxyl groups is 2. The van der Waals surface area contributed by atoms with Gasteiger partial charge in [0.25, 0.3) is 0 Å². The van der Waals surface area contributed by atoms with Gasteiger partial charge in [-0.2, -0.15) is 0 Å². The Labute approximate surface area is 54.3 Å². The molecule has 1 fully saturated rings. The van der Waals surface area contributed by atoms with E-state index in [1.807, 2.05) is 0 Å². The van der Waals surface area contributed by atoms with Crippen molar-refractivity contribution in [1.82, 2.24) is 0 Å². The molecular formula is C6H12O3. The van der Waals surface area contributed by atoms with E-state index < -0.39 is 12.2 Å². The van der Waals surface area contributed by atoms with Gasteiger partial charge in [0, 0.05) is 6.61 Å². The van der Waals surface area contributed by atoms with Crippen molar-refractivity contribution in [2.45, 2.75) is 31.7 Å². The number of hydrogen-bond acceptors (Lipinski definition) is 3. The molecule has 0 aromatic rings. The van der Waals surface area contributed by atoms with E-state index in [1.165, 1.54) is 0 Å². The van der Waals surface area contributed by atoms with E-state index in [1.54, 1.807) is 6.92 Å². The van der Waals surface area contributed by atoms with Crippen LogP contribution in [-0.2, 0) is 4.74 Å².